The van der Waals surface area contributed by atoms with Gasteiger partial charge in [0.05, 0.1) is 0 Å². The van der Waals surface area contributed by atoms with Crippen molar-refractivity contribution < 1.29 is 23.0 Å². The second kappa shape index (κ2) is 18.8. The van der Waals surface area contributed by atoms with Crippen LogP contribution in [0, 0.1) is 55.4 Å². The summed E-state index contributed by atoms with van der Waals surface area (Å²) in [7, 11) is 0. The number of rotatable bonds is 7. The van der Waals surface area contributed by atoms with Crippen molar-refractivity contribution in [3.8, 4) is 0 Å². The summed E-state index contributed by atoms with van der Waals surface area (Å²) in [5, 5.41) is 10.9. The molecule has 1 heterocycles. The van der Waals surface area contributed by atoms with E-state index in [9.17, 15) is 5.11 Å². The number of aliphatic hydroxyl groups excluding tert-OH is 1. The van der Waals surface area contributed by atoms with Crippen molar-refractivity contribution in [1.82, 2.24) is 4.98 Å². The molecule has 0 bridgehead atoms. The Bertz CT molecular complexity index is 1810. The van der Waals surface area contributed by atoms with Crippen LogP contribution in [0.25, 0.3) is 0 Å². The third kappa shape index (κ3) is 11.7. The monoisotopic (exact) mass is 853 g/mol. The largest absolute Gasteiger partial charge is 0.665 e. The number of nitrogens with zero attached hydrogens (tertiary/aromatic N) is 2. The maximum absolute atomic E-state index is 10.9. The molecule has 0 aliphatic heterocycles. The molecule has 0 atom stereocenters. The molecule has 0 saturated heterocycles. The standard InChI is InChI=1S/C19H24O.C12H17N.C10H12.C6H8N.W/c1-11-7-13(3)17(14(4)8-11)19(20)18-15(5)9-12(2)10-16(18)6;1-8(2)10-6-5-7-11(9(3)4)12(10)13;1-10(2,3)9-7-5-4-6-8-9;1-5-3-4-6(2)7-5;/h7-10,19-20H,1-6H3;5-9H,1-4H3;1,4-8H,2-3H3;3-4H,1-2H3;/q;;;-1;. The Morgan fingerprint density at radius 3 is 1.37 bits per heavy atom. The average Bonchev–Trinajstić information content (AvgIpc) is 3.42. The smallest absolute Gasteiger partial charge is 0.105 e. The van der Waals surface area contributed by atoms with Crippen molar-refractivity contribution in [3.63, 3.8) is 0 Å². The molecular formula is C47H61N2OW-. The van der Waals surface area contributed by atoms with Crippen LogP contribution in [0.2, 0.25) is 0 Å². The summed E-state index contributed by atoms with van der Waals surface area (Å²) < 4.78 is 7.66. The topological polar surface area (TPSA) is 46.7 Å². The van der Waals surface area contributed by atoms with E-state index in [-0.39, 0.29) is 5.41 Å². The van der Waals surface area contributed by atoms with E-state index < -0.39 is 24.0 Å². The Kier molecular flexibility index (Phi) is 15.5. The summed E-state index contributed by atoms with van der Waals surface area (Å²) in [5.74, 6) is 1.03. The van der Waals surface area contributed by atoms with Gasteiger partial charge in [0.25, 0.3) is 0 Å². The van der Waals surface area contributed by atoms with Gasteiger partial charge >= 0.3 is 156 Å². The zero-order valence-electron chi connectivity index (χ0n) is 33.6. The van der Waals surface area contributed by atoms with Crippen LogP contribution in [-0.2, 0) is 23.3 Å². The van der Waals surface area contributed by atoms with Gasteiger partial charge in [-0.2, -0.15) is 11.4 Å². The van der Waals surface area contributed by atoms with Gasteiger partial charge in [-0.3, -0.25) is 0 Å². The van der Waals surface area contributed by atoms with Crippen molar-refractivity contribution >= 4 is 10.1 Å². The van der Waals surface area contributed by atoms with Gasteiger partial charge < -0.3 is 10.1 Å². The van der Waals surface area contributed by atoms with E-state index in [0.29, 0.717) is 11.8 Å². The Labute approximate surface area is 317 Å². The summed E-state index contributed by atoms with van der Waals surface area (Å²) in [5.41, 5.74) is 17.0. The molecule has 5 rings (SSSR count). The Morgan fingerprint density at radius 2 is 1.02 bits per heavy atom. The van der Waals surface area contributed by atoms with E-state index >= 15 is 0 Å². The third-order valence-corrected chi connectivity index (χ3v) is 12.8. The SMILES string of the molecule is CC(C)c1cccc(C(C)C)c1[N]=[W]=[CH]C(C)(C)c1ccccc1.Cc1cc(C)c(C(O)c2c(C)cc(C)cc2C)c(C)c1.Cc1ccc(C)[n-]1. The Morgan fingerprint density at radius 1 is 0.608 bits per heavy atom. The number of benzene rings is 4. The fraction of sp³-hybridized carbons (Fsp3) is 0.383. The molecule has 0 aliphatic rings. The van der Waals surface area contributed by atoms with Crippen molar-refractivity contribution in [2.24, 2.45) is 3.50 Å². The molecule has 0 saturated carbocycles. The van der Waals surface area contributed by atoms with Crippen LogP contribution in [0.1, 0.15) is 132 Å². The quantitative estimate of drug-likeness (QED) is 0.177. The first-order chi connectivity index (χ1) is 23.9. The van der Waals surface area contributed by atoms with Gasteiger partial charge in [0, 0.05) is 0 Å². The molecule has 4 heteroatoms. The summed E-state index contributed by atoms with van der Waals surface area (Å²) >= 11 is -0.918. The molecule has 272 valence electrons. The number of aryl methyl sites for hydroxylation is 8. The zero-order chi connectivity index (χ0) is 38.0. The predicted octanol–water partition coefficient (Wildman–Crippen LogP) is 12.5. The van der Waals surface area contributed by atoms with E-state index in [0.717, 1.165) is 44.8 Å². The fourth-order valence-electron chi connectivity index (χ4n) is 6.75. The maximum Gasteiger partial charge on any atom is 0.105 e. The van der Waals surface area contributed by atoms with Gasteiger partial charge in [0.1, 0.15) is 6.10 Å². The molecule has 3 nitrogen and oxygen atoms in total. The number of aliphatic hydroxyl groups is 1. The van der Waals surface area contributed by atoms with Gasteiger partial charge in [-0.15, -0.1) is 0 Å². The van der Waals surface area contributed by atoms with E-state index in [1.165, 1.54) is 33.5 Å². The van der Waals surface area contributed by atoms with E-state index in [4.69, 9.17) is 3.50 Å². The minimum atomic E-state index is -0.918. The van der Waals surface area contributed by atoms with E-state index in [2.05, 4.69) is 165 Å². The van der Waals surface area contributed by atoms with Crippen LogP contribution >= 0.6 is 0 Å². The summed E-state index contributed by atoms with van der Waals surface area (Å²) in [6.45, 7) is 30.2. The first-order valence-electron chi connectivity index (χ1n) is 18.2. The molecular weight excluding hydrogens is 792 g/mol. The fourth-order valence-corrected chi connectivity index (χ4v) is 9.51. The number of aromatic nitrogens is 1. The van der Waals surface area contributed by atoms with Crippen molar-refractivity contribution in [2.75, 3.05) is 0 Å². The van der Waals surface area contributed by atoms with Gasteiger partial charge in [-0.25, -0.2) is 0 Å². The Balaban J connectivity index is 0.000000234. The molecule has 51 heavy (non-hydrogen) atoms. The van der Waals surface area contributed by atoms with Crippen molar-refractivity contribution in [1.29, 1.82) is 0 Å². The first-order valence-corrected chi connectivity index (χ1v) is 21.2. The van der Waals surface area contributed by atoms with Crippen LogP contribution in [0.4, 0.5) is 5.69 Å². The first kappa shape index (κ1) is 41.9. The zero-order valence-corrected chi connectivity index (χ0v) is 36.6. The van der Waals surface area contributed by atoms with E-state index in [1.807, 2.05) is 26.0 Å². The maximum atomic E-state index is 10.9. The average molecular weight is 854 g/mol. The van der Waals surface area contributed by atoms with E-state index in [1.54, 1.807) is 0 Å². The van der Waals surface area contributed by atoms with Crippen molar-refractivity contribution in [2.45, 2.75) is 120 Å². The third-order valence-electron chi connectivity index (χ3n) is 9.29. The molecule has 0 unspecified atom stereocenters. The Hall–Kier alpha value is -3.52. The molecule has 0 fully saturated rings. The second-order valence-electron chi connectivity index (χ2n) is 15.3. The van der Waals surface area contributed by atoms with Crippen LogP contribution in [0.15, 0.2) is 88.4 Å². The summed E-state index contributed by atoms with van der Waals surface area (Å²) in [6.07, 6.45) is -0.545. The van der Waals surface area contributed by atoms with Crippen LogP contribution in [-0.4, -0.2) is 9.51 Å². The summed E-state index contributed by atoms with van der Waals surface area (Å²) in [4.78, 5) is 4.11. The second-order valence-corrected chi connectivity index (χ2v) is 17.5. The van der Waals surface area contributed by atoms with Crippen LogP contribution in [0.5, 0.6) is 0 Å². The minimum Gasteiger partial charge on any atom is -0.665 e. The molecule has 1 N–H and O–H groups in total. The number of hydrogen-bond acceptors (Lipinski definition) is 2. The van der Waals surface area contributed by atoms with Crippen LogP contribution < -0.4 is 4.98 Å². The molecule has 0 amide bonds. The van der Waals surface area contributed by atoms with Gasteiger partial charge in [0.15, 0.2) is 0 Å². The van der Waals surface area contributed by atoms with Crippen LogP contribution in [0.3, 0.4) is 0 Å². The molecule has 0 radical (unpaired) electrons. The van der Waals surface area contributed by atoms with Crippen molar-refractivity contribution in [3.05, 3.63) is 158 Å². The van der Waals surface area contributed by atoms with Gasteiger partial charge in [-0.05, 0) is 74.9 Å². The molecule has 5 aromatic rings. The number of hydrogen-bond donors (Lipinski definition) is 1. The molecule has 0 aliphatic carbocycles. The normalized spacial score (nSPS) is 11.2. The molecule has 1 aromatic heterocycles. The molecule has 0 spiro atoms. The summed E-state index contributed by atoms with van der Waals surface area (Å²) in [6, 6.07) is 30.0. The predicted molar refractivity (Wildman–Crippen MR) is 217 cm³/mol. The molecule has 4 aromatic carbocycles. The minimum absolute atomic E-state index is 0.0974. The van der Waals surface area contributed by atoms with Gasteiger partial charge in [0.2, 0.25) is 0 Å². The van der Waals surface area contributed by atoms with Gasteiger partial charge in [-0.1, -0.05) is 61.4 Å².